The first-order chi connectivity index (χ1) is 39.7. The molecule has 5 amide bonds. The van der Waals surface area contributed by atoms with Crippen LogP contribution < -0.4 is 49.5 Å². The largest absolute Gasteiger partial charge is 0.491 e. The van der Waals surface area contributed by atoms with Crippen LogP contribution in [0.4, 0.5) is 10.7 Å². The Balaban J connectivity index is 0.00000258. The van der Waals surface area contributed by atoms with Crippen molar-refractivity contribution in [2.45, 2.75) is 114 Å². The van der Waals surface area contributed by atoms with Gasteiger partial charge in [-0.25, -0.2) is 14.8 Å². The second-order valence-corrected chi connectivity index (χ2v) is 18.1. The van der Waals surface area contributed by atoms with Crippen molar-refractivity contribution in [1.29, 1.82) is 0 Å². The average Bonchev–Trinajstić information content (AvgIpc) is 4.22. The quantitative estimate of drug-likeness (QED) is 0.00765. The summed E-state index contributed by atoms with van der Waals surface area (Å²) >= 11 is 4.32. The Morgan fingerprint density at radius 3 is 1.98 bits per heavy atom. The Kier molecular flexibility index (Phi) is 37.7. The molecule has 83 heavy (non-hydrogen) atoms. The van der Waals surface area contributed by atoms with Gasteiger partial charge in [-0.05, 0) is 128 Å². The SMILES string of the molecule is CC.CCN/N=C(C)\C=C\c1nc2cc(C(N)=O)cc(OCCCS)c2n1C/C=C/Cn1c(NC)nc2cc(C(N)=O)cc(CC/C=C/CN=C/C(=C\N)NC(=O)OC(C)(C)C)c21.CCOC.CCn1nc(C)cc1C=O.NC=O.NC=O. The van der Waals surface area contributed by atoms with Gasteiger partial charge < -0.3 is 62.8 Å². The molecule has 0 aliphatic heterocycles. The van der Waals surface area contributed by atoms with Gasteiger partial charge in [0.25, 0.3) is 0 Å². The zero-order valence-electron chi connectivity index (χ0n) is 50.1. The van der Waals surface area contributed by atoms with Crippen LogP contribution in [-0.4, -0.2) is 130 Å². The molecule has 0 radical (unpaired) electrons. The van der Waals surface area contributed by atoms with Crippen molar-refractivity contribution in [3.05, 3.63) is 107 Å². The highest BCUT2D eigenvalue weighted by Gasteiger charge is 2.20. The number of fused-ring (bicyclic) bond motifs is 2. The monoisotopic (exact) mass is 1170 g/mol. The van der Waals surface area contributed by atoms with Crippen LogP contribution in [0.25, 0.3) is 28.1 Å². The number of nitrogens with two attached hydrogens (primary N) is 5. The summed E-state index contributed by atoms with van der Waals surface area (Å²) in [5, 5.41) is 14.2. The van der Waals surface area contributed by atoms with Gasteiger partial charge in [-0.1, -0.05) is 38.2 Å². The molecule has 456 valence electrons. The number of hydrazone groups is 1. The van der Waals surface area contributed by atoms with Gasteiger partial charge in [-0.15, -0.1) is 0 Å². The topological polar surface area (TPSA) is 374 Å². The van der Waals surface area contributed by atoms with E-state index in [0.29, 0.717) is 114 Å². The molecule has 5 aromatic rings. The number of carbonyl (C=O) groups excluding carboxylic acids is 6. The predicted molar refractivity (Wildman–Crippen MR) is 335 cm³/mol. The number of imidazole rings is 2. The number of hydrogen-bond acceptors (Lipinski definition) is 18. The molecule has 2 aromatic carbocycles. The number of aryl methyl sites for hydroxylation is 3. The number of anilines is 1. The lowest BCUT2D eigenvalue weighted by Gasteiger charge is -2.19. The molecule has 0 fully saturated rings. The lowest BCUT2D eigenvalue weighted by atomic mass is 10.0. The molecule has 0 aliphatic rings. The third kappa shape index (κ3) is 27.5. The van der Waals surface area contributed by atoms with Gasteiger partial charge in [0.15, 0.2) is 6.29 Å². The molecule has 25 nitrogen and oxygen atoms in total. The van der Waals surface area contributed by atoms with Crippen LogP contribution in [0.15, 0.2) is 82.7 Å². The molecule has 0 saturated carbocycles. The zero-order chi connectivity index (χ0) is 62.9. The summed E-state index contributed by atoms with van der Waals surface area (Å²) in [6.45, 7) is 22.8. The summed E-state index contributed by atoms with van der Waals surface area (Å²) in [5.74, 6) is 1.25. The van der Waals surface area contributed by atoms with E-state index >= 15 is 0 Å². The summed E-state index contributed by atoms with van der Waals surface area (Å²) in [4.78, 5) is 78.2. The molecule has 13 N–H and O–H groups in total. The highest BCUT2D eigenvalue weighted by molar-refractivity contribution is 7.80. The number of nitrogens with one attached hydrogen (secondary N) is 3. The van der Waals surface area contributed by atoms with Crippen molar-refractivity contribution in [3.63, 3.8) is 0 Å². The summed E-state index contributed by atoms with van der Waals surface area (Å²) in [6.07, 6.45) is 17.0. The van der Waals surface area contributed by atoms with Crippen molar-refractivity contribution >= 4 is 95.7 Å². The number of nitrogens with zero attached hydrogens (tertiary/aromatic N) is 8. The number of aldehydes is 1. The number of aliphatic imine (C=N–C) groups is 1. The van der Waals surface area contributed by atoms with Gasteiger partial charge in [0.05, 0.1) is 46.8 Å². The highest BCUT2D eigenvalue weighted by atomic mass is 32.1. The number of hydrogen-bond donors (Lipinski definition) is 9. The minimum atomic E-state index is -0.649. The van der Waals surface area contributed by atoms with Gasteiger partial charge in [-0.3, -0.25) is 39.0 Å². The summed E-state index contributed by atoms with van der Waals surface area (Å²) in [6, 6.07) is 8.61. The van der Waals surface area contributed by atoms with Crippen LogP contribution in [0.2, 0.25) is 0 Å². The minimum Gasteiger partial charge on any atom is -0.491 e. The maximum atomic E-state index is 12.4. The lowest BCUT2D eigenvalue weighted by Crippen LogP contribution is -2.32. The number of carbonyl (C=O) groups is 6. The molecular formula is C57H88N16O9S. The Labute approximate surface area is 492 Å². The van der Waals surface area contributed by atoms with Crippen molar-refractivity contribution in [2.75, 3.05) is 51.5 Å². The van der Waals surface area contributed by atoms with Crippen molar-refractivity contribution < 1.29 is 43.0 Å². The Morgan fingerprint density at radius 1 is 0.855 bits per heavy atom. The van der Waals surface area contributed by atoms with Crippen LogP contribution in [0.3, 0.4) is 0 Å². The third-order valence-electron chi connectivity index (χ3n) is 10.4. The van der Waals surface area contributed by atoms with E-state index in [9.17, 15) is 19.2 Å². The Morgan fingerprint density at radius 2 is 1.46 bits per heavy atom. The number of rotatable bonds is 25. The van der Waals surface area contributed by atoms with Gasteiger partial charge in [0, 0.05) is 70.5 Å². The number of alkyl carbamates (subject to hydrolysis) is 1. The Bertz CT molecular complexity index is 2980. The number of ether oxygens (including phenoxy) is 3. The highest BCUT2D eigenvalue weighted by Crippen LogP contribution is 2.31. The maximum Gasteiger partial charge on any atom is 0.412 e. The van der Waals surface area contributed by atoms with E-state index in [1.54, 1.807) is 63.9 Å². The first-order valence-corrected chi connectivity index (χ1v) is 27.4. The molecular weight excluding hydrogens is 1080 g/mol. The van der Waals surface area contributed by atoms with Gasteiger partial charge in [-0.2, -0.15) is 22.8 Å². The van der Waals surface area contributed by atoms with Crippen molar-refractivity contribution in [1.82, 2.24) is 39.6 Å². The van der Waals surface area contributed by atoms with Crippen LogP contribution in [-0.2, 0) is 45.1 Å². The molecule has 0 atom stereocenters. The molecule has 0 unspecified atom stereocenters. The van der Waals surface area contributed by atoms with E-state index in [2.05, 4.69) is 64.7 Å². The number of amides is 5. The van der Waals surface area contributed by atoms with E-state index in [1.165, 1.54) is 12.4 Å². The van der Waals surface area contributed by atoms with Gasteiger partial charge >= 0.3 is 6.09 Å². The smallest absolute Gasteiger partial charge is 0.412 e. The molecule has 26 heteroatoms. The molecule has 3 aromatic heterocycles. The van der Waals surface area contributed by atoms with E-state index in [0.717, 1.165) is 41.9 Å². The first kappa shape index (κ1) is 74.2. The van der Waals surface area contributed by atoms with Crippen molar-refractivity contribution in [2.24, 2.45) is 38.8 Å². The molecule has 0 spiro atoms. The van der Waals surface area contributed by atoms with Crippen LogP contribution in [0.5, 0.6) is 5.75 Å². The summed E-state index contributed by atoms with van der Waals surface area (Å²) in [5.41, 5.74) is 34.7. The van der Waals surface area contributed by atoms with Crippen LogP contribution >= 0.6 is 12.6 Å². The normalized spacial score (nSPS) is 11.3. The number of methoxy groups -OCH3 is 1. The van der Waals surface area contributed by atoms with Crippen LogP contribution in [0, 0.1) is 6.92 Å². The fourth-order valence-electron chi connectivity index (χ4n) is 7.01. The van der Waals surface area contributed by atoms with Crippen molar-refractivity contribution in [3.8, 4) is 5.75 Å². The lowest BCUT2D eigenvalue weighted by molar-refractivity contribution is -0.107. The second kappa shape index (κ2) is 42.1. The average molecular weight is 1170 g/mol. The number of aromatic nitrogens is 6. The molecule has 0 bridgehead atoms. The summed E-state index contributed by atoms with van der Waals surface area (Å²) in [7, 11) is 3.47. The number of benzene rings is 2. The number of primary amides is 4. The molecule has 5 rings (SSSR count). The zero-order valence-corrected chi connectivity index (χ0v) is 51.0. The van der Waals surface area contributed by atoms with E-state index < -0.39 is 23.5 Å². The second-order valence-electron chi connectivity index (χ2n) is 17.7. The molecule has 0 aliphatic carbocycles. The minimum absolute atomic E-state index is 0.250. The number of allylic oxidation sites excluding steroid dienone is 5. The fraction of sp³-hybridized carbons (Fsp3) is 0.421. The van der Waals surface area contributed by atoms with Crippen LogP contribution in [0.1, 0.15) is 123 Å². The van der Waals surface area contributed by atoms with E-state index in [1.807, 2.05) is 95.6 Å². The standard InChI is InChI=1S/C43H58N12O5S.C7H10N2O.C3H8O.C2H6.2CH3NO/c1-7-49-53-28(2)15-16-36-51-34-24-31(40(46)57)25-35(59-20-13-21-61)38(34)54(36)18-11-12-19-55-37-29(22-30(39(45)56)23-33(37)52-41(55)47-6)14-9-8-10-17-48-27-32(26-44)50-42(58)60-43(3,4)5;1-3-9-7(5-10)4-6(2)8-9;1-3-4-2;1-2;2*2-1-3/h8,10-12,15-16,22-27,49,61H,7,9,13-14,17-21,44H2,1-6H3,(H2,45,56)(H2,46,57)(H,47,52)(H,50,58);4-5H,3H2,1-2H3;3H2,1-2H3;1-2H3;2*1H,(H2,2,3)/b10-8+,12-11+,16-15+,32-26+,48-27?,53-28-;;;;;. The van der Waals surface area contributed by atoms with E-state index in [-0.39, 0.29) is 12.8 Å². The van der Waals surface area contributed by atoms with Gasteiger partial charge in [0.1, 0.15) is 28.4 Å². The first-order valence-electron chi connectivity index (χ1n) is 26.8. The summed E-state index contributed by atoms with van der Waals surface area (Å²) < 4.78 is 21.7. The Hall–Kier alpha value is -8.78. The fourth-order valence-corrected chi connectivity index (χ4v) is 7.14. The number of thiol groups is 1. The third-order valence-corrected chi connectivity index (χ3v) is 10.7. The van der Waals surface area contributed by atoms with Gasteiger partial charge in [0.2, 0.25) is 30.6 Å². The predicted octanol–water partition coefficient (Wildman–Crippen LogP) is 6.37. The molecule has 0 saturated heterocycles. The maximum absolute atomic E-state index is 12.4. The molecule has 3 heterocycles. The van der Waals surface area contributed by atoms with E-state index in [4.69, 9.17) is 46.2 Å².